The third kappa shape index (κ3) is 118. The Hall–Kier alpha value is 1.33. The molecule has 0 saturated carbocycles. The van der Waals surface area contributed by atoms with Gasteiger partial charge in [0.15, 0.2) is 0 Å². The van der Waals surface area contributed by atoms with E-state index in [1.807, 2.05) is 0 Å². The summed E-state index contributed by atoms with van der Waals surface area (Å²) >= 11 is 0. The third-order valence-electron chi connectivity index (χ3n) is 0. The maximum absolute atomic E-state index is 8.56. The van der Waals surface area contributed by atoms with E-state index in [4.69, 9.17) is 15.0 Å². The van der Waals surface area contributed by atoms with E-state index in [2.05, 4.69) is 0 Å². The Balaban J connectivity index is -0.00000000300. The molecule has 0 aromatic carbocycles. The summed E-state index contributed by atoms with van der Waals surface area (Å²) in [5, 5.41) is 13.9. The molecule has 0 aliphatic carbocycles. The van der Waals surface area contributed by atoms with Crippen LogP contribution in [0.4, 0.5) is 4.79 Å². The fourth-order valence-electron chi connectivity index (χ4n) is 0. The minimum Gasteiger partial charge on any atom is -1.00 e. The zero-order valence-electron chi connectivity index (χ0n) is 6.92. The van der Waals surface area contributed by atoms with Crippen LogP contribution in [0, 0.1) is 0 Å². The maximum Gasteiger partial charge on any atom is 2.00 e. The molecule has 0 rings (SSSR count). The Kier molecular flexibility index (Phi) is 53.4. The number of hydrogen-bond acceptors (Lipinski definition) is 1. The van der Waals surface area contributed by atoms with Crippen molar-refractivity contribution in [3.05, 3.63) is 0 Å². The van der Waals surface area contributed by atoms with Crippen LogP contribution in [0.15, 0.2) is 0 Å². The molecular weight excluding hydrogens is 143 g/mol. The van der Waals surface area contributed by atoms with E-state index in [1.165, 1.54) is 0 Å². The van der Waals surface area contributed by atoms with E-state index in [0.717, 1.165) is 0 Å². The largest absolute Gasteiger partial charge is 2.00 e. The zero-order chi connectivity index (χ0) is 3.58. The first-order valence-electron chi connectivity index (χ1n) is 0.651. The molecule has 0 unspecified atom stereocenters. The number of halogens is 1. The quantitative estimate of drug-likeness (QED) is 0.377. The molecule has 0 amide bonds. The van der Waals surface area contributed by atoms with Crippen LogP contribution in [0.5, 0.6) is 0 Å². The molecule has 0 heterocycles. The van der Waals surface area contributed by atoms with Crippen LogP contribution >= 0.6 is 12.4 Å². The molecule has 0 aromatic heterocycles. The van der Waals surface area contributed by atoms with Gasteiger partial charge in [-0.3, -0.25) is 0 Å². The second-order valence-corrected chi connectivity index (χ2v) is 0.283. The predicted molar refractivity (Wildman–Crippen MR) is 27.0 cm³/mol. The van der Waals surface area contributed by atoms with Gasteiger partial charge in [0.25, 0.3) is 0 Å². The summed E-state index contributed by atoms with van der Waals surface area (Å²) in [5.74, 6) is 0. The van der Waals surface area contributed by atoms with Gasteiger partial charge in [0.1, 0.15) is 0 Å². The van der Waals surface area contributed by atoms with Crippen molar-refractivity contribution < 1.29 is 48.8 Å². The van der Waals surface area contributed by atoms with Gasteiger partial charge in [-0.25, -0.2) is 4.79 Å². The minimum absolute atomic E-state index is 0. The third-order valence-corrected chi connectivity index (χ3v) is 0. The molecule has 38 valence electrons. The maximum atomic E-state index is 8.56. The smallest absolute Gasteiger partial charge is 1.00 e. The summed E-state index contributed by atoms with van der Waals surface area (Å²) in [6.07, 6.45) is -1.83. The summed E-state index contributed by atoms with van der Waals surface area (Å²) in [7, 11) is 0. The second-order valence-electron chi connectivity index (χ2n) is 0.283. The molecule has 0 aliphatic heterocycles. The van der Waals surface area contributed by atoms with Crippen LogP contribution in [-0.4, -0.2) is 39.4 Å². The van der Waals surface area contributed by atoms with Crippen molar-refractivity contribution in [2.45, 2.75) is 0 Å². The monoisotopic (exact) mass is 148 g/mol. The molecule has 0 saturated heterocycles. The van der Waals surface area contributed by atoms with Gasteiger partial charge in [-0.1, -0.05) is 0 Å². The van der Waals surface area contributed by atoms with Crippen LogP contribution in [0.3, 0.4) is 0 Å². The Morgan fingerprint density at radius 3 is 1.43 bits per heavy atom. The van der Waals surface area contributed by atoms with Crippen molar-refractivity contribution in [2.75, 3.05) is 0 Å². The van der Waals surface area contributed by atoms with Crippen molar-refractivity contribution in [2.24, 2.45) is 0 Å². The molecule has 7 heavy (non-hydrogen) atoms. The number of carboxylic acid groups (broad SMARTS) is 2. The topological polar surface area (TPSA) is 57.5 Å². The molecule has 0 fully saturated rings. The van der Waals surface area contributed by atoms with E-state index >= 15 is 0 Å². The molecule has 6 heteroatoms. The summed E-state index contributed by atoms with van der Waals surface area (Å²) in [5.41, 5.74) is 0. The number of carbonyl (C=O) groups is 1. The molecule has 2 N–H and O–H groups in total. The van der Waals surface area contributed by atoms with Crippen LogP contribution in [-0.2, 0) is 0 Å². The van der Waals surface area contributed by atoms with Gasteiger partial charge in [-0.2, -0.15) is 0 Å². The zero-order valence-corrected chi connectivity index (χ0v) is 8.15. The van der Waals surface area contributed by atoms with Gasteiger partial charge >= 0.3 is 58.8 Å². The van der Waals surface area contributed by atoms with Crippen molar-refractivity contribution in [1.82, 2.24) is 0 Å². The van der Waals surface area contributed by atoms with Crippen LogP contribution < -0.4 is 29.6 Å². The molecule has 0 spiro atoms. The van der Waals surface area contributed by atoms with Crippen molar-refractivity contribution in [1.29, 1.82) is 0 Å². The Morgan fingerprint density at radius 2 is 1.43 bits per heavy atom. The minimum atomic E-state index is -1.83. The second kappa shape index (κ2) is 15.7. The van der Waals surface area contributed by atoms with Crippen LogP contribution in [0.2, 0.25) is 0 Å². The van der Waals surface area contributed by atoms with Gasteiger partial charge < -0.3 is 14.5 Å². The van der Waals surface area contributed by atoms with Gasteiger partial charge in [-0.15, -0.1) is 12.4 Å². The summed E-state index contributed by atoms with van der Waals surface area (Å²) in [6.45, 7) is 0. The summed E-state index contributed by atoms with van der Waals surface area (Å²) < 4.78 is 0. The predicted octanol–water partition coefficient (Wildman–Crippen LogP) is -2.40. The molecule has 3 nitrogen and oxygen atoms in total. The SMILES string of the molecule is Cl.O=C(O)O.[H-].[H-].[H-].[Mg+2].[Na+]. The Labute approximate surface area is 89.8 Å². The summed E-state index contributed by atoms with van der Waals surface area (Å²) in [4.78, 5) is 8.56. The number of rotatable bonds is 0. The fraction of sp³-hybridized carbons (Fsp3) is 0. The van der Waals surface area contributed by atoms with Crippen molar-refractivity contribution in [3.8, 4) is 0 Å². The Morgan fingerprint density at radius 1 is 1.43 bits per heavy atom. The molecule has 0 radical (unpaired) electrons. The van der Waals surface area contributed by atoms with E-state index in [-0.39, 0.29) is 69.3 Å². The molecule has 0 aromatic rings. The van der Waals surface area contributed by atoms with E-state index in [9.17, 15) is 0 Å². The summed E-state index contributed by atoms with van der Waals surface area (Å²) in [6, 6.07) is 0. The van der Waals surface area contributed by atoms with Gasteiger partial charge in [-0.05, 0) is 0 Å². The van der Waals surface area contributed by atoms with E-state index < -0.39 is 6.16 Å². The molecular formula is CH6ClMgNaO3. The first-order chi connectivity index (χ1) is 1.73. The van der Waals surface area contributed by atoms with Crippen molar-refractivity contribution in [3.63, 3.8) is 0 Å². The van der Waals surface area contributed by atoms with Crippen LogP contribution in [0.1, 0.15) is 4.28 Å². The molecule has 0 bridgehead atoms. The number of hydrogen-bond donors (Lipinski definition) is 2. The average Bonchev–Trinajstić information content (AvgIpc) is 0.811. The molecule has 0 atom stereocenters. The van der Waals surface area contributed by atoms with Gasteiger partial charge in [0, 0.05) is 0 Å². The normalized spacial score (nSPS) is 3.43. The van der Waals surface area contributed by atoms with E-state index in [1.54, 1.807) is 0 Å². The van der Waals surface area contributed by atoms with E-state index in [0.29, 0.717) is 0 Å². The molecule has 0 aliphatic rings. The average molecular weight is 149 g/mol. The first-order valence-corrected chi connectivity index (χ1v) is 0.651. The Bertz CT molecular complexity index is 46.7. The van der Waals surface area contributed by atoms with Crippen LogP contribution in [0.25, 0.3) is 0 Å². The fourth-order valence-corrected chi connectivity index (χ4v) is 0. The van der Waals surface area contributed by atoms with Gasteiger partial charge in [0.05, 0.1) is 0 Å². The standard InChI is InChI=1S/CH2O3.ClH.Mg.Na.3H/c2-1(3)4;;;;;;/h(H2,2,3,4);1H;;;;;/q;;+2;+1;3*-1. The van der Waals surface area contributed by atoms with Gasteiger partial charge in [0.2, 0.25) is 0 Å². The first kappa shape index (κ1) is 23.9. The van der Waals surface area contributed by atoms with Crippen molar-refractivity contribution >= 4 is 41.6 Å².